The number of hydrogen-bond donors (Lipinski definition) is 1. The minimum atomic E-state index is -0.781. The van der Waals surface area contributed by atoms with Gasteiger partial charge in [0.05, 0.1) is 6.04 Å². The zero-order chi connectivity index (χ0) is 22.3. The van der Waals surface area contributed by atoms with Gasteiger partial charge in [-0.05, 0) is 45.1 Å². The molecule has 8 nitrogen and oxygen atoms in total. The molecule has 0 spiro atoms. The number of alkyl carbamates (subject to hydrolysis) is 1. The highest BCUT2D eigenvalue weighted by Crippen LogP contribution is 2.11. The lowest BCUT2D eigenvalue weighted by Crippen LogP contribution is -2.45. The number of nitrogens with one attached hydrogen (secondary N) is 1. The van der Waals surface area contributed by atoms with Crippen molar-refractivity contribution in [2.45, 2.75) is 72.1 Å². The SMILES string of the molecule is CC(C)C[C@H](NC(=O)OC(C)(C)C)C(=O)Cn1nc(CCc2ccccc2)oc1=O. The van der Waals surface area contributed by atoms with Gasteiger partial charge in [-0.2, -0.15) is 4.68 Å². The van der Waals surface area contributed by atoms with Gasteiger partial charge in [0.2, 0.25) is 5.89 Å². The number of rotatable bonds is 9. The van der Waals surface area contributed by atoms with E-state index in [0.29, 0.717) is 19.3 Å². The Morgan fingerprint density at radius 2 is 1.83 bits per heavy atom. The molecular formula is C22H31N3O5. The van der Waals surface area contributed by atoms with E-state index in [1.54, 1.807) is 20.8 Å². The predicted octanol–water partition coefficient (Wildman–Crippen LogP) is 3.13. The molecule has 1 amide bonds. The molecule has 2 aromatic rings. The van der Waals surface area contributed by atoms with Crippen LogP contribution in [0, 0.1) is 5.92 Å². The van der Waals surface area contributed by atoms with Gasteiger partial charge in [-0.15, -0.1) is 5.10 Å². The minimum absolute atomic E-state index is 0.157. The predicted molar refractivity (Wildman–Crippen MR) is 112 cm³/mol. The Balaban J connectivity index is 2.02. The first kappa shape index (κ1) is 23.4. The molecule has 164 valence electrons. The molecule has 1 atom stereocenters. The lowest BCUT2D eigenvalue weighted by molar-refractivity contribution is -0.122. The normalized spacial score (nSPS) is 12.6. The second-order valence-electron chi connectivity index (χ2n) is 8.70. The van der Waals surface area contributed by atoms with Crippen LogP contribution in [-0.2, 0) is 28.9 Å². The highest BCUT2D eigenvalue weighted by Gasteiger charge is 2.26. The van der Waals surface area contributed by atoms with Crippen LogP contribution in [0.15, 0.2) is 39.5 Å². The Morgan fingerprint density at radius 1 is 1.17 bits per heavy atom. The van der Waals surface area contributed by atoms with Crippen LogP contribution in [0.3, 0.4) is 0 Å². The third-order valence-electron chi connectivity index (χ3n) is 4.21. The third kappa shape index (κ3) is 7.85. The molecule has 0 saturated carbocycles. The summed E-state index contributed by atoms with van der Waals surface area (Å²) < 4.78 is 11.4. The number of ketones is 1. The van der Waals surface area contributed by atoms with E-state index in [1.807, 2.05) is 44.2 Å². The van der Waals surface area contributed by atoms with Gasteiger partial charge in [0.1, 0.15) is 12.1 Å². The first-order chi connectivity index (χ1) is 14.0. The second kappa shape index (κ2) is 10.2. The molecule has 8 heteroatoms. The van der Waals surface area contributed by atoms with Crippen molar-refractivity contribution in [2.24, 2.45) is 5.92 Å². The molecule has 0 unspecified atom stereocenters. The lowest BCUT2D eigenvalue weighted by Gasteiger charge is -2.23. The summed E-state index contributed by atoms with van der Waals surface area (Å²) in [6.07, 6.45) is 0.875. The van der Waals surface area contributed by atoms with Gasteiger partial charge in [0.15, 0.2) is 5.78 Å². The number of ether oxygens (including phenoxy) is 1. The fraction of sp³-hybridized carbons (Fsp3) is 0.545. The molecule has 0 saturated heterocycles. The van der Waals surface area contributed by atoms with Crippen molar-refractivity contribution in [1.82, 2.24) is 15.1 Å². The summed E-state index contributed by atoms with van der Waals surface area (Å²) in [5.74, 6) is -0.590. The number of hydrogen-bond acceptors (Lipinski definition) is 6. The Morgan fingerprint density at radius 3 is 2.43 bits per heavy atom. The Labute approximate surface area is 176 Å². The molecule has 30 heavy (non-hydrogen) atoms. The van der Waals surface area contributed by atoms with Crippen LogP contribution in [0.1, 0.15) is 52.5 Å². The van der Waals surface area contributed by atoms with Gasteiger partial charge in [0, 0.05) is 6.42 Å². The number of aromatic nitrogens is 2. The molecule has 0 aliphatic rings. The average molecular weight is 418 g/mol. The zero-order valence-electron chi connectivity index (χ0n) is 18.3. The maximum atomic E-state index is 12.8. The fourth-order valence-corrected chi connectivity index (χ4v) is 2.90. The van der Waals surface area contributed by atoms with Gasteiger partial charge in [-0.25, -0.2) is 9.59 Å². The zero-order valence-corrected chi connectivity index (χ0v) is 18.3. The van der Waals surface area contributed by atoms with Gasteiger partial charge in [-0.1, -0.05) is 44.2 Å². The average Bonchev–Trinajstić information content (AvgIpc) is 2.98. The maximum absolute atomic E-state index is 12.8. The molecular weight excluding hydrogens is 386 g/mol. The summed E-state index contributed by atoms with van der Waals surface area (Å²) in [5.41, 5.74) is 0.427. The molecule has 1 aromatic carbocycles. The Bertz CT molecular complexity index is 893. The van der Waals surface area contributed by atoms with Crippen molar-refractivity contribution in [1.29, 1.82) is 0 Å². The summed E-state index contributed by atoms with van der Waals surface area (Å²) in [4.78, 5) is 37.0. The molecule has 1 heterocycles. The molecule has 0 bridgehead atoms. The number of Topliss-reactive ketones (excluding diaryl/α,β-unsaturated/α-hetero) is 1. The standard InChI is InChI=1S/C22H31N3O5/c1-15(2)13-17(23-20(27)30-22(3,4)5)18(26)14-25-21(28)29-19(24-25)12-11-16-9-7-6-8-10-16/h6-10,15,17H,11-14H2,1-5H3,(H,23,27)/t17-/m0/s1. The highest BCUT2D eigenvalue weighted by atomic mass is 16.6. The number of carbonyl (C=O) groups excluding carboxylic acids is 2. The van der Waals surface area contributed by atoms with Gasteiger partial charge in [-0.3, -0.25) is 4.79 Å². The van der Waals surface area contributed by atoms with Crippen LogP contribution < -0.4 is 11.1 Å². The van der Waals surface area contributed by atoms with E-state index in [1.165, 1.54) is 0 Å². The van der Waals surface area contributed by atoms with Crippen LogP contribution in [0.2, 0.25) is 0 Å². The molecule has 1 N–H and O–H groups in total. The van der Waals surface area contributed by atoms with Crippen LogP contribution in [0.5, 0.6) is 0 Å². The monoisotopic (exact) mass is 417 g/mol. The van der Waals surface area contributed by atoms with Crippen molar-refractivity contribution in [3.05, 3.63) is 52.3 Å². The molecule has 1 aromatic heterocycles. The summed E-state index contributed by atoms with van der Waals surface area (Å²) in [5, 5.41) is 6.75. The van der Waals surface area contributed by atoms with E-state index in [4.69, 9.17) is 9.15 Å². The van der Waals surface area contributed by atoms with Crippen LogP contribution in [0.25, 0.3) is 0 Å². The van der Waals surface area contributed by atoms with Gasteiger partial charge >= 0.3 is 11.8 Å². The van der Waals surface area contributed by atoms with Crippen molar-refractivity contribution < 1.29 is 18.7 Å². The third-order valence-corrected chi connectivity index (χ3v) is 4.21. The van der Waals surface area contributed by atoms with Crippen molar-refractivity contribution in [3.8, 4) is 0 Å². The molecule has 0 aliphatic heterocycles. The van der Waals surface area contributed by atoms with Gasteiger partial charge in [0.25, 0.3) is 0 Å². The largest absolute Gasteiger partial charge is 0.444 e. The smallest absolute Gasteiger partial charge is 0.437 e. The first-order valence-corrected chi connectivity index (χ1v) is 10.2. The number of nitrogens with zero attached hydrogens (tertiary/aromatic N) is 2. The molecule has 0 fully saturated rings. The quantitative estimate of drug-likeness (QED) is 0.672. The first-order valence-electron chi connectivity index (χ1n) is 10.2. The van der Waals surface area contributed by atoms with E-state index in [9.17, 15) is 14.4 Å². The van der Waals surface area contributed by atoms with Crippen LogP contribution >= 0.6 is 0 Å². The molecule has 0 aliphatic carbocycles. The number of aryl methyl sites for hydroxylation is 2. The second-order valence-corrected chi connectivity index (χ2v) is 8.70. The van der Waals surface area contributed by atoms with Gasteiger partial charge < -0.3 is 14.5 Å². The van der Waals surface area contributed by atoms with E-state index < -0.39 is 23.5 Å². The number of amides is 1. The van der Waals surface area contributed by atoms with Crippen LogP contribution in [0.4, 0.5) is 4.79 Å². The number of benzene rings is 1. The topological polar surface area (TPSA) is 103 Å². The molecule has 2 rings (SSSR count). The van der Waals surface area contributed by atoms with Crippen molar-refractivity contribution >= 4 is 11.9 Å². The van der Waals surface area contributed by atoms with E-state index in [0.717, 1.165) is 10.2 Å². The highest BCUT2D eigenvalue weighted by molar-refractivity contribution is 5.87. The summed E-state index contributed by atoms with van der Waals surface area (Å²) in [7, 11) is 0. The minimum Gasteiger partial charge on any atom is -0.444 e. The van der Waals surface area contributed by atoms with Crippen LogP contribution in [-0.4, -0.2) is 33.3 Å². The number of carbonyl (C=O) groups is 2. The maximum Gasteiger partial charge on any atom is 0.437 e. The Kier molecular flexibility index (Phi) is 7.97. The Hall–Kier alpha value is -2.90. The van der Waals surface area contributed by atoms with Crippen molar-refractivity contribution in [3.63, 3.8) is 0 Å². The molecule has 0 radical (unpaired) electrons. The summed E-state index contributed by atoms with van der Waals surface area (Å²) in [6, 6.07) is 9.00. The lowest BCUT2D eigenvalue weighted by atomic mass is 10.0. The van der Waals surface area contributed by atoms with E-state index in [2.05, 4.69) is 10.4 Å². The van der Waals surface area contributed by atoms with Crippen molar-refractivity contribution in [2.75, 3.05) is 0 Å². The fourth-order valence-electron chi connectivity index (χ4n) is 2.90. The summed E-state index contributed by atoms with van der Waals surface area (Å²) in [6.45, 7) is 8.86. The van der Waals surface area contributed by atoms with E-state index >= 15 is 0 Å². The summed E-state index contributed by atoms with van der Waals surface area (Å²) >= 11 is 0. The van der Waals surface area contributed by atoms with E-state index in [-0.39, 0.29) is 24.1 Å².